The highest BCUT2D eigenvalue weighted by Crippen LogP contribution is 2.52. The normalized spacial score (nSPS) is 12.2. The average molecular weight is 669 g/mol. The first-order valence-electron chi connectivity index (χ1n) is 17.3. The maximum Gasteiger partial charge on any atom is 0.0602 e. The van der Waals surface area contributed by atoms with Crippen LogP contribution in [0.15, 0.2) is 204 Å². The van der Waals surface area contributed by atoms with Crippen LogP contribution in [0.25, 0.3) is 60.9 Å². The number of fused-ring (bicyclic) bond motifs is 5. The van der Waals surface area contributed by atoms with Crippen molar-refractivity contribution in [3.05, 3.63) is 194 Å². The van der Waals surface area contributed by atoms with E-state index in [0.29, 0.717) is 0 Å². The van der Waals surface area contributed by atoms with E-state index in [9.17, 15) is 0 Å². The van der Waals surface area contributed by atoms with Gasteiger partial charge >= 0.3 is 0 Å². The molecule has 0 unspecified atom stereocenters. The molecule has 2 nitrogen and oxygen atoms in total. The summed E-state index contributed by atoms with van der Waals surface area (Å²) < 4.78 is 2.39. The molecule has 0 N–H and O–H groups in total. The van der Waals surface area contributed by atoms with Crippen LogP contribution in [0.5, 0.6) is 0 Å². The van der Waals surface area contributed by atoms with E-state index in [0.717, 1.165) is 5.69 Å². The fourth-order valence-electron chi connectivity index (χ4n) is 7.51. The van der Waals surface area contributed by atoms with Gasteiger partial charge in [0.25, 0.3) is 0 Å². The smallest absolute Gasteiger partial charge is 0.0602 e. The van der Waals surface area contributed by atoms with Crippen LogP contribution < -0.4 is 4.90 Å². The topological polar surface area (TPSA) is 8.17 Å². The molecule has 0 saturated heterocycles. The molecule has 3 heteroatoms. The fourth-order valence-corrected chi connectivity index (χ4v) is 8.61. The van der Waals surface area contributed by atoms with Gasteiger partial charge in [-0.25, -0.2) is 0 Å². The Hall–Kier alpha value is -6.29. The Kier molecular flexibility index (Phi) is 7.11. The van der Waals surface area contributed by atoms with Gasteiger partial charge in [0.05, 0.1) is 22.4 Å². The molecule has 0 spiro atoms. The number of aromatic nitrogens is 1. The van der Waals surface area contributed by atoms with Crippen LogP contribution in [-0.2, 0) is 0 Å². The zero-order valence-corrected chi connectivity index (χ0v) is 28.6. The number of para-hydroxylation sites is 3. The van der Waals surface area contributed by atoms with Crippen molar-refractivity contribution in [2.45, 2.75) is 9.79 Å². The lowest BCUT2D eigenvalue weighted by atomic mass is 9.98. The van der Waals surface area contributed by atoms with Crippen LogP contribution in [0, 0.1) is 0 Å². The van der Waals surface area contributed by atoms with E-state index in [2.05, 4.69) is 204 Å². The van der Waals surface area contributed by atoms with E-state index in [-0.39, 0.29) is 0 Å². The lowest BCUT2D eigenvalue weighted by molar-refractivity contribution is 1.17. The largest absolute Gasteiger partial charge is 0.309 e. The third kappa shape index (κ3) is 5.13. The lowest BCUT2D eigenvalue weighted by Crippen LogP contribution is -2.14. The van der Waals surface area contributed by atoms with E-state index in [1.807, 2.05) is 11.8 Å². The van der Waals surface area contributed by atoms with Crippen molar-refractivity contribution in [3.63, 3.8) is 0 Å². The Morgan fingerprint density at radius 1 is 0.314 bits per heavy atom. The van der Waals surface area contributed by atoms with Crippen molar-refractivity contribution in [1.29, 1.82) is 0 Å². The summed E-state index contributed by atoms with van der Waals surface area (Å²) in [5, 5.41) is 2.52. The maximum atomic E-state index is 2.39. The minimum absolute atomic E-state index is 1.16. The first kappa shape index (κ1) is 29.6. The summed E-state index contributed by atoms with van der Waals surface area (Å²) in [5.41, 5.74) is 14.5. The van der Waals surface area contributed by atoms with Gasteiger partial charge in [0, 0.05) is 31.9 Å². The SMILES string of the molecule is c1ccc(-c2ccc(-n3c4ccccc4c4cc(-c5ccc(-c6ccc7c(c6)Sc6ccccc6N7c6ccccc6)cc5)ccc43)cc2)cc1. The van der Waals surface area contributed by atoms with E-state index in [1.54, 1.807) is 0 Å². The number of benzene rings is 8. The zero-order chi connectivity index (χ0) is 33.7. The van der Waals surface area contributed by atoms with E-state index >= 15 is 0 Å². The second-order valence-electron chi connectivity index (χ2n) is 13.0. The van der Waals surface area contributed by atoms with Gasteiger partial charge in [0.15, 0.2) is 0 Å². The predicted molar refractivity (Wildman–Crippen MR) is 216 cm³/mol. The molecule has 0 bridgehead atoms. The molecule has 0 atom stereocenters. The number of anilines is 3. The molecule has 0 amide bonds. The van der Waals surface area contributed by atoms with Gasteiger partial charge in [-0.2, -0.15) is 0 Å². The molecule has 1 aliphatic heterocycles. The van der Waals surface area contributed by atoms with Gasteiger partial charge in [-0.1, -0.05) is 139 Å². The zero-order valence-electron chi connectivity index (χ0n) is 27.8. The Bertz CT molecular complexity index is 2690. The molecule has 2 heterocycles. The highest BCUT2D eigenvalue weighted by Gasteiger charge is 2.25. The summed E-state index contributed by atoms with van der Waals surface area (Å²) in [6, 6.07) is 70.3. The second kappa shape index (κ2) is 12.2. The van der Waals surface area contributed by atoms with E-state index in [4.69, 9.17) is 0 Å². The number of hydrogen-bond acceptors (Lipinski definition) is 2. The number of nitrogens with zero attached hydrogens (tertiary/aromatic N) is 2. The predicted octanol–water partition coefficient (Wildman–Crippen LogP) is 13.7. The molecule has 1 aliphatic rings. The second-order valence-corrected chi connectivity index (χ2v) is 14.1. The Labute approximate surface area is 301 Å². The first-order chi connectivity index (χ1) is 25.3. The molecule has 0 radical (unpaired) electrons. The fraction of sp³-hybridized carbons (Fsp3) is 0. The van der Waals surface area contributed by atoms with Crippen LogP contribution in [0.3, 0.4) is 0 Å². The highest BCUT2D eigenvalue weighted by atomic mass is 32.2. The molecule has 0 fully saturated rings. The van der Waals surface area contributed by atoms with Gasteiger partial charge in [0.1, 0.15) is 0 Å². The van der Waals surface area contributed by atoms with Crippen LogP contribution in [0.2, 0.25) is 0 Å². The third-order valence-electron chi connectivity index (χ3n) is 10.00. The summed E-state index contributed by atoms with van der Waals surface area (Å²) in [4.78, 5) is 4.90. The number of rotatable bonds is 5. The minimum atomic E-state index is 1.16. The molecule has 8 aromatic carbocycles. The average Bonchev–Trinajstić information content (AvgIpc) is 3.54. The van der Waals surface area contributed by atoms with Gasteiger partial charge in [-0.15, -0.1) is 0 Å². The molecule has 10 rings (SSSR count). The van der Waals surface area contributed by atoms with Gasteiger partial charge < -0.3 is 9.47 Å². The summed E-state index contributed by atoms with van der Waals surface area (Å²) >= 11 is 1.85. The summed E-state index contributed by atoms with van der Waals surface area (Å²) in [6.45, 7) is 0. The molecule has 0 saturated carbocycles. The first-order valence-corrected chi connectivity index (χ1v) is 18.2. The standard InChI is InChI=1S/C48H32N2S/c1-3-11-33(12-4-1)34-23-27-40(28-24-34)49-43-16-8-7-15-41(43)42-31-37(25-29-44(42)49)35-19-21-36(22-20-35)38-26-30-46-48(32-38)51-47-18-10-9-17-45(47)50(46)39-13-5-2-6-14-39/h1-32H. The van der Waals surface area contributed by atoms with Crippen molar-refractivity contribution in [2.75, 3.05) is 4.90 Å². The monoisotopic (exact) mass is 668 g/mol. The molecule has 240 valence electrons. The Morgan fingerprint density at radius 3 is 1.63 bits per heavy atom. The van der Waals surface area contributed by atoms with Gasteiger partial charge in [0.2, 0.25) is 0 Å². The van der Waals surface area contributed by atoms with Crippen molar-refractivity contribution < 1.29 is 0 Å². The third-order valence-corrected chi connectivity index (χ3v) is 11.1. The van der Waals surface area contributed by atoms with Crippen LogP contribution in [0.1, 0.15) is 0 Å². The van der Waals surface area contributed by atoms with Crippen LogP contribution >= 0.6 is 11.8 Å². The quantitative estimate of drug-likeness (QED) is 0.180. The van der Waals surface area contributed by atoms with Crippen molar-refractivity contribution in [3.8, 4) is 39.1 Å². The summed E-state index contributed by atoms with van der Waals surface area (Å²) in [5.74, 6) is 0. The molecule has 1 aromatic heterocycles. The highest BCUT2D eigenvalue weighted by molar-refractivity contribution is 7.99. The summed E-state index contributed by atoms with van der Waals surface area (Å²) in [6.07, 6.45) is 0. The Morgan fingerprint density at radius 2 is 0.843 bits per heavy atom. The maximum absolute atomic E-state index is 2.39. The van der Waals surface area contributed by atoms with Crippen molar-refractivity contribution in [1.82, 2.24) is 4.57 Å². The van der Waals surface area contributed by atoms with Gasteiger partial charge in [-0.05, 0) is 100 Å². The minimum Gasteiger partial charge on any atom is -0.309 e. The number of hydrogen-bond donors (Lipinski definition) is 0. The summed E-state index contributed by atoms with van der Waals surface area (Å²) in [7, 11) is 0. The molecular weight excluding hydrogens is 637 g/mol. The van der Waals surface area contributed by atoms with Crippen LogP contribution in [0.4, 0.5) is 17.1 Å². The Balaban J connectivity index is 0.988. The van der Waals surface area contributed by atoms with Crippen molar-refractivity contribution >= 4 is 50.6 Å². The molecule has 0 aliphatic carbocycles. The molecular formula is C48H32N2S. The molecule has 51 heavy (non-hydrogen) atoms. The van der Waals surface area contributed by atoms with Gasteiger partial charge in [-0.3, -0.25) is 0 Å². The van der Waals surface area contributed by atoms with E-state index in [1.165, 1.54) is 82.0 Å². The lowest BCUT2D eigenvalue weighted by Gasteiger charge is -2.33. The van der Waals surface area contributed by atoms with Crippen molar-refractivity contribution in [2.24, 2.45) is 0 Å². The molecule has 9 aromatic rings. The van der Waals surface area contributed by atoms with E-state index < -0.39 is 0 Å². The van der Waals surface area contributed by atoms with Crippen LogP contribution in [-0.4, -0.2) is 4.57 Å².